The molecule has 172 valence electrons. The molecule has 3 aromatic rings. The van der Waals surface area contributed by atoms with E-state index in [1.165, 1.54) is 14.4 Å². The van der Waals surface area contributed by atoms with E-state index in [1.807, 2.05) is 38.1 Å². The van der Waals surface area contributed by atoms with E-state index in [1.54, 1.807) is 27.9 Å². The molecule has 0 aliphatic rings. The number of imidazole rings is 1. The van der Waals surface area contributed by atoms with Crippen molar-refractivity contribution in [2.24, 2.45) is 12.2 Å². The Kier molecular flexibility index (Phi) is 8.42. The van der Waals surface area contributed by atoms with E-state index in [0.717, 1.165) is 16.6 Å². The van der Waals surface area contributed by atoms with Crippen molar-refractivity contribution in [2.75, 3.05) is 18.5 Å². The van der Waals surface area contributed by atoms with Gasteiger partial charge in [-0.25, -0.2) is 9.78 Å². The first kappa shape index (κ1) is 24.9. The van der Waals surface area contributed by atoms with Crippen LogP contribution < -0.4 is 4.90 Å². The number of rotatable bonds is 6. The lowest BCUT2D eigenvalue weighted by Crippen LogP contribution is -2.41. The molecule has 0 aliphatic carbocycles. The lowest BCUT2D eigenvalue weighted by atomic mass is 10.2. The predicted molar refractivity (Wildman–Crippen MR) is 127 cm³/mol. The van der Waals surface area contributed by atoms with E-state index < -0.39 is 0 Å². The highest BCUT2D eigenvalue weighted by atomic mass is 35.5. The minimum absolute atomic E-state index is 0.213. The summed E-state index contributed by atoms with van der Waals surface area (Å²) in [6, 6.07) is 7.17. The van der Waals surface area contributed by atoms with Crippen LogP contribution in [0.3, 0.4) is 0 Å². The van der Waals surface area contributed by atoms with Crippen LogP contribution >= 0.6 is 11.6 Å². The zero-order valence-corrected chi connectivity index (χ0v) is 19.9. The molecule has 32 heavy (non-hydrogen) atoms. The molecule has 0 saturated carbocycles. The fraction of sp³-hybridized carbons (Fsp3) is 0.364. The number of aldehydes is 1. The number of nitrogens with one attached hydrogen (secondary N) is 1. The molecule has 0 spiro atoms. The second-order valence-electron chi connectivity index (χ2n) is 6.89. The zero-order chi connectivity index (χ0) is 24.0. The Morgan fingerprint density at radius 3 is 2.62 bits per heavy atom. The van der Waals surface area contributed by atoms with Crippen molar-refractivity contribution >= 4 is 46.4 Å². The fourth-order valence-electron chi connectivity index (χ4n) is 3.36. The molecule has 0 bridgehead atoms. The Bertz CT molecular complexity index is 1130. The molecule has 0 saturated heterocycles. The largest absolute Gasteiger partial charge is 0.411 e. The number of aromatic nitrogens is 3. The third-order valence-electron chi connectivity index (χ3n) is 4.91. The highest BCUT2D eigenvalue weighted by Gasteiger charge is 2.27. The number of amides is 2. The van der Waals surface area contributed by atoms with Crippen molar-refractivity contribution in [1.29, 1.82) is 0 Å². The van der Waals surface area contributed by atoms with Crippen LogP contribution in [-0.2, 0) is 13.6 Å². The van der Waals surface area contributed by atoms with E-state index in [2.05, 4.69) is 15.1 Å². The summed E-state index contributed by atoms with van der Waals surface area (Å²) in [7, 11) is 3.30. The van der Waals surface area contributed by atoms with Crippen LogP contribution in [-0.4, -0.2) is 56.3 Å². The molecular weight excluding hydrogens is 432 g/mol. The minimum Gasteiger partial charge on any atom is -0.411 e. The highest BCUT2D eigenvalue weighted by molar-refractivity contribution is 6.35. The first-order chi connectivity index (χ1) is 15.3. The van der Waals surface area contributed by atoms with Gasteiger partial charge in [-0.05, 0) is 32.0 Å². The second kappa shape index (κ2) is 10.8. The Labute approximate surface area is 192 Å². The molecule has 2 heterocycles. The fourth-order valence-corrected chi connectivity index (χ4v) is 3.59. The van der Waals surface area contributed by atoms with Crippen molar-refractivity contribution in [3.63, 3.8) is 0 Å². The van der Waals surface area contributed by atoms with E-state index in [0.29, 0.717) is 30.2 Å². The molecular formula is C22H29ClN6O3. The summed E-state index contributed by atoms with van der Waals surface area (Å²) in [6.45, 7) is 7.97. The number of hydrogen-bond donors (Lipinski definition) is 2. The minimum atomic E-state index is -0.325. The normalized spacial score (nSPS) is 11.2. The molecule has 2 aromatic heterocycles. The summed E-state index contributed by atoms with van der Waals surface area (Å²) in [4.78, 5) is 35.4. The summed E-state index contributed by atoms with van der Waals surface area (Å²) in [5.74, 6) is 0.512. The third-order valence-corrected chi connectivity index (χ3v) is 5.24. The SMILES string of the molecule is CC.CCN(C(=O)N(C)Cc1cc2c(Cl)cccc2[nH]1)c1nc(/C(C)=N\O)n(C)c1C=O. The van der Waals surface area contributed by atoms with Crippen LogP contribution in [0.15, 0.2) is 29.4 Å². The number of H-pyrrole nitrogens is 1. The maximum atomic E-state index is 13.2. The summed E-state index contributed by atoms with van der Waals surface area (Å²) in [5, 5.41) is 13.7. The second-order valence-corrected chi connectivity index (χ2v) is 7.29. The van der Waals surface area contributed by atoms with Crippen LogP contribution in [0.4, 0.5) is 10.6 Å². The predicted octanol–water partition coefficient (Wildman–Crippen LogP) is 4.67. The zero-order valence-electron chi connectivity index (χ0n) is 19.2. The molecule has 0 unspecified atom stereocenters. The first-order valence-electron chi connectivity index (χ1n) is 10.3. The number of hydrogen-bond acceptors (Lipinski definition) is 5. The summed E-state index contributed by atoms with van der Waals surface area (Å²) < 4.78 is 1.49. The lowest BCUT2D eigenvalue weighted by molar-refractivity contribution is 0.111. The van der Waals surface area contributed by atoms with Gasteiger partial charge < -0.3 is 19.7 Å². The van der Waals surface area contributed by atoms with Gasteiger partial charge in [0.1, 0.15) is 11.4 Å². The summed E-state index contributed by atoms with van der Waals surface area (Å²) >= 11 is 6.23. The number of aromatic amines is 1. The van der Waals surface area contributed by atoms with Crippen molar-refractivity contribution in [3.8, 4) is 0 Å². The smallest absolute Gasteiger partial charge is 0.325 e. The number of nitrogens with zero attached hydrogens (tertiary/aromatic N) is 5. The number of fused-ring (bicyclic) bond motifs is 1. The molecule has 2 N–H and O–H groups in total. The van der Waals surface area contributed by atoms with Gasteiger partial charge in [-0.2, -0.15) is 0 Å². The van der Waals surface area contributed by atoms with Crippen molar-refractivity contribution in [3.05, 3.63) is 46.5 Å². The standard InChI is InChI=1S/C20H23ClN6O3.C2H6/c1-5-27(19-17(11-28)26(4)18(23-19)12(2)24-30)20(29)25(3)10-13-9-14-15(21)7-6-8-16(14)22-13;1-2/h6-9,11,22,30H,5,10H2,1-4H3;1-2H3/b24-12-;. The molecule has 0 fully saturated rings. The average Bonchev–Trinajstić information content (AvgIpc) is 3.36. The van der Waals surface area contributed by atoms with Crippen molar-refractivity contribution in [2.45, 2.75) is 34.2 Å². The van der Waals surface area contributed by atoms with Crippen LogP contribution in [0.5, 0.6) is 0 Å². The van der Waals surface area contributed by atoms with E-state index in [4.69, 9.17) is 16.8 Å². The van der Waals surface area contributed by atoms with Crippen molar-refractivity contribution in [1.82, 2.24) is 19.4 Å². The van der Waals surface area contributed by atoms with Crippen LogP contribution in [0, 0.1) is 0 Å². The quantitative estimate of drug-likeness (QED) is 0.241. The molecule has 1 aromatic carbocycles. The topological polar surface area (TPSA) is 107 Å². The monoisotopic (exact) mass is 460 g/mol. The van der Waals surface area contributed by atoms with Crippen LogP contribution in [0.25, 0.3) is 10.9 Å². The van der Waals surface area contributed by atoms with Gasteiger partial charge in [0.25, 0.3) is 0 Å². The molecule has 2 amide bonds. The van der Waals surface area contributed by atoms with Gasteiger partial charge >= 0.3 is 6.03 Å². The maximum Gasteiger partial charge on any atom is 0.325 e. The van der Waals surface area contributed by atoms with Crippen molar-refractivity contribution < 1.29 is 14.8 Å². The van der Waals surface area contributed by atoms with Gasteiger partial charge in [0.15, 0.2) is 17.9 Å². The first-order valence-corrected chi connectivity index (χ1v) is 10.7. The summed E-state index contributed by atoms with van der Waals surface area (Å²) in [6.07, 6.45) is 0.631. The number of carbonyl (C=O) groups is 2. The molecule has 3 rings (SSSR count). The number of oxime groups is 1. The molecule has 10 heteroatoms. The number of benzene rings is 1. The Morgan fingerprint density at radius 1 is 1.38 bits per heavy atom. The van der Waals surface area contributed by atoms with Gasteiger partial charge in [-0.3, -0.25) is 9.69 Å². The van der Waals surface area contributed by atoms with Crippen LogP contribution in [0.2, 0.25) is 5.02 Å². The number of urea groups is 1. The number of anilines is 1. The van der Waals surface area contributed by atoms with E-state index in [-0.39, 0.29) is 23.3 Å². The average molecular weight is 461 g/mol. The van der Waals surface area contributed by atoms with E-state index in [9.17, 15) is 9.59 Å². The molecule has 0 aliphatic heterocycles. The highest BCUT2D eigenvalue weighted by Crippen LogP contribution is 2.25. The van der Waals surface area contributed by atoms with Crippen LogP contribution in [0.1, 0.15) is 49.7 Å². The Morgan fingerprint density at radius 2 is 2.06 bits per heavy atom. The summed E-state index contributed by atoms with van der Waals surface area (Å²) in [5.41, 5.74) is 2.17. The molecule has 9 nitrogen and oxygen atoms in total. The number of halogens is 1. The Hall–Kier alpha value is -3.33. The van der Waals surface area contributed by atoms with Gasteiger partial charge in [0.05, 0.1) is 6.54 Å². The third kappa shape index (κ3) is 4.77. The van der Waals surface area contributed by atoms with E-state index >= 15 is 0 Å². The maximum absolute atomic E-state index is 13.2. The molecule has 0 radical (unpaired) electrons. The van der Waals surface area contributed by atoms with Gasteiger partial charge in [-0.1, -0.05) is 36.7 Å². The lowest BCUT2D eigenvalue weighted by Gasteiger charge is -2.25. The van der Waals surface area contributed by atoms with Gasteiger partial charge in [-0.15, -0.1) is 0 Å². The van der Waals surface area contributed by atoms with Gasteiger partial charge in [0, 0.05) is 42.3 Å². The Balaban J connectivity index is 0.00000176. The number of carbonyl (C=O) groups excluding carboxylic acids is 2. The molecule has 0 atom stereocenters. The van der Waals surface area contributed by atoms with Gasteiger partial charge in [0.2, 0.25) is 0 Å².